The van der Waals surface area contributed by atoms with Crippen molar-refractivity contribution in [2.75, 3.05) is 14.2 Å². The zero-order chi connectivity index (χ0) is 17.6. The fraction of sp³-hybridized carbons (Fsp3) is 0.158. The van der Waals surface area contributed by atoms with E-state index in [0.717, 1.165) is 17.0 Å². The van der Waals surface area contributed by atoms with Gasteiger partial charge in [-0.25, -0.2) is 4.68 Å². The molecule has 0 spiro atoms. The number of aromatic nitrogens is 2. The second-order valence-corrected chi connectivity index (χ2v) is 5.36. The molecule has 0 fully saturated rings. The minimum absolute atomic E-state index is 0.245. The Balaban J connectivity index is 1.76. The first kappa shape index (κ1) is 16.6. The van der Waals surface area contributed by atoms with Crippen LogP contribution in [0.15, 0.2) is 60.8 Å². The van der Waals surface area contributed by atoms with E-state index in [1.54, 1.807) is 18.0 Å². The molecule has 3 aromatic rings. The highest BCUT2D eigenvalue weighted by molar-refractivity contribution is 5.94. The standard InChI is InChI=1S/C19H19N3O3/c1-24-16-10-6-7-14(11-16)12-20-19(23)18-17(25-2)13-22(21-18)15-8-4-3-5-9-15/h3-11,13H,12H2,1-2H3,(H,20,23). The van der Waals surface area contributed by atoms with Crippen molar-refractivity contribution >= 4 is 5.91 Å². The van der Waals surface area contributed by atoms with E-state index in [2.05, 4.69) is 10.4 Å². The molecule has 0 bridgehead atoms. The number of nitrogens with zero attached hydrogens (tertiary/aromatic N) is 2. The third kappa shape index (κ3) is 3.80. The van der Waals surface area contributed by atoms with Crippen molar-refractivity contribution in [3.63, 3.8) is 0 Å². The van der Waals surface area contributed by atoms with Gasteiger partial charge in [0.25, 0.3) is 5.91 Å². The zero-order valence-electron chi connectivity index (χ0n) is 14.1. The molecular formula is C19H19N3O3. The van der Waals surface area contributed by atoms with Crippen LogP contribution in [0.3, 0.4) is 0 Å². The van der Waals surface area contributed by atoms with Gasteiger partial charge < -0.3 is 14.8 Å². The minimum atomic E-state index is -0.297. The van der Waals surface area contributed by atoms with Crippen LogP contribution >= 0.6 is 0 Å². The van der Waals surface area contributed by atoms with E-state index in [0.29, 0.717) is 12.3 Å². The van der Waals surface area contributed by atoms with Crippen molar-refractivity contribution < 1.29 is 14.3 Å². The Morgan fingerprint density at radius 3 is 2.60 bits per heavy atom. The summed E-state index contributed by atoms with van der Waals surface area (Å²) in [6.07, 6.45) is 1.69. The van der Waals surface area contributed by atoms with E-state index in [-0.39, 0.29) is 11.6 Å². The van der Waals surface area contributed by atoms with Crippen LogP contribution in [0.4, 0.5) is 0 Å². The molecule has 2 aromatic carbocycles. The molecule has 0 aliphatic heterocycles. The normalized spacial score (nSPS) is 10.3. The fourth-order valence-corrected chi connectivity index (χ4v) is 2.43. The molecule has 1 N–H and O–H groups in total. The van der Waals surface area contributed by atoms with Crippen molar-refractivity contribution in [1.29, 1.82) is 0 Å². The molecule has 6 nitrogen and oxygen atoms in total. The molecule has 1 heterocycles. The zero-order valence-corrected chi connectivity index (χ0v) is 14.1. The van der Waals surface area contributed by atoms with Crippen molar-refractivity contribution in [2.24, 2.45) is 0 Å². The Bertz CT molecular complexity index is 859. The molecular weight excluding hydrogens is 318 g/mol. The number of carbonyl (C=O) groups is 1. The SMILES string of the molecule is COc1cccc(CNC(=O)c2nn(-c3ccccc3)cc2OC)c1. The maximum Gasteiger partial charge on any atom is 0.275 e. The molecule has 0 unspecified atom stereocenters. The predicted molar refractivity (Wildman–Crippen MR) is 94.3 cm³/mol. The molecule has 0 atom stereocenters. The number of amides is 1. The smallest absolute Gasteiger partial charge is 0.275 e. The number of ether oxygens (including phenoxy) is 2. The Labute approximate surface area is 146 Å². The van der Waals surface area contributed by atoms with Gasteiger partial charge in [-0.15, -0.1) is 0 Å². The van der Waals surface area contributed by atoms with E-state index in [1.807, 2.05) is 54.6 Å². The van der Waals surface area contributed by atoms with Crippen LogP contribution < -0.4 is 14.8 Å². The van der Waals surface area contributed by atoms with Crippen LogP contribution in [-0.4, -0.2) is 29.9 Å². The van der Waals surface area contributed by atoms with E-state index in [4.69, 9.17) is 9.47 Å². The van der Waals surface area contributed by atoms with Gasteiger partial charge in [-0.05, 0) is 29.8 Å². The number of para-hydroxylation sites is 1. The Morgan fingerprint density at radius 2 is 1.88 bits per heavy atom. The van der Waals surface area contributed by atoms with Gasteiger partial charge in [0, 0.05) is 6.54 Å². The summed E-state index contributed by atoms with van der Waals surface area (Å²) >= 11 is 0. The molecule has 128 valence electrons. The maximum absolute atomic E-state index is 12.5. The van der Waals surface area contributed by atoms with Crippen molar-refractivity contribution in [3.8, 4) is 17.2 Å². The molecule has 25 heavy (non-hydrogen) atoms. The highest BCUT2D eigenvalue weighted by Crippen LogP contribution is 2.19. The van der Waals surface area contributed by atoms with Crippen LogP contribution in [0, 0.1) is 0 Å². The molecule has 3 rings (SSSR count). The van der Waals surface area contributed by atoms with E-state index in [1.165, 1.54) is 7.11 Å². The van der Waals surface area contributed by atoms with Gasteiger partial charge >= 0.3 is 0 Å². The van der Waals surface area contributed by atoms with Crippen molar-refractivity contribution in [3.05, 3.63) is 72.1 Å². The first-order valence-corrected chi connectivity index (χ1v) is 7.81. The number of benzene rings is 2. The lowest BCUT2D eigenvalue weighted by atomic mass is 10.2. The summed E-state index contributed by atoms with van der Waals surface area (Å²) < 4.78 is 12.1. The topological polar surface area (TPSA) is 65.4 Å². The average Bonchev–Trinajstić information content (AvgIpc) is 3.11. The van der Waals surface area contributed by atoms with Gasteiger partial charge in [0.1, 0.15) is 5.75 Å². The van der Waals surface area contributed by atoms with Gasteiger partial charge in [0.2, 0.25) is 0 Å². The molecule has 0 saturated heterocycles. The van der Waals surface area contributed by atoms with Gasteiger partial charge in [-0.2, -0.15) is 5.10 Å². The maximum atomic E-state index is 12.5. The van der Waals surface area contributed by atoms with E-state index >= 15 is 0 Å². The number of carbonyl (C=O) groups excluding carboxylic acids is 1. The predicted octanol–water partition coefficient (Wildman–Crippen LogP) is 2.82. The Hall–Kier alpha value is -3.28. The lowest BCUT2D eigenvalue weighted by Crippen LogP contribution is -2.24. The third-order valence-corrected chi connectivity index (χ3v) is 3.72. The van der Waals surface area contributed by atoms with Crippen LogP contribution in [0.25, 0.3) is 5.69 Å². The first-order chi connectivity index (χ1) is 12.2. The van der Waals surface area contributed by atoms with Crippen LogP contribution in [0.5, 0.6) is 11.5 Å². The second-order valence-electron chi connectivity index (χ2n) is 5.36. The molecule has 1 amide bonds. The number of rotatable bonds is 6. The molecule has 0 saturated carbocycles. The summed E-state index contributed by atoms with van der Waals surface area (Å²) in [6, 6.07) is 17.1. The van der Waals surface area contributed by atoms with Crippen LogP contribution in [0.2, 0.25) is 0 Å². The summed E-state index contributed by atoms with van der Waals surface area (Å²) in [7, 11) is 3.13. The Kier molecular flexibility index (Phi) is 4.99. The Morgan fingerprint density at radius 1 is 1.08 bits per heavy atom. The lowest BCUT2D eigenvalue weighted by Gasteiger charge is -2.06. The second kappa shape index (κ2) is 7.53. The molecule has 0 radical (unpaired) electrons. The largest absolute Gasteiger partial charge is 0.497 e. The van der Waals surface area contributed by atoms with Gasteiger partial charge in [-0.3, -0.25) is 4.79 Å². The summed E-state index contributed by atoms with van der Waals surface area (Å²) in [5.74, 6) is 0.874. The highest BCUT2D eigenvalue weighted by atomic mass is 16.5. The summed E-state index contributed by atoms with van der Waals surface area (Å²) in [5.41, 5.74) is 2.04. The van der Waals surface area contributed by atoms with Crippen LogP contribution in [0.1, 0.15) is 16.1 Å². The van der Waals surface area contributed by atoms with Gasteiger partial charge in [0.15, 0.2) is 11.4 Å². The minimum Gasteiger partial charge on any atom is -0.497 e. The highest BCUT2D eigenvalue weighted by Gasteiger charge is 2.18. The first-order valence-electron chi connectivity index (χ1n) is 7.81. The summed E-state index contributed by atoms with van der Waals surface area (Å²) in [4.78, 5) is 12.5. The average molecular weight is 337 g/mol. The van der Waals surface area contributed by atoms with Gasteiger partial charge in [-0.1, -0.05) is 30.3 Å². The number of methoxy groups -OCH3 is 2. The summed E-state index contributed by atoms with van der Waals surface area (Å²) in [6.45, 7) is 0.372. The molecule has 6 heteroatoms. The quantitative estimate of drug-likeness (QED) is 0.751. The van der Waals surface area contributed by atoms with Crippen molar-refractivity contribution in [1.82, 2.24) is 15.1 Å². The fourth-order valence-electron chi connectivity index (χ4n) is 2.43. The number of hydrogen-bond acceptors (Lipinski definition) is 4. The number of hydrogen-bond donors (Lipinski definition) is 1. The molecule has 1 aromatic heterocycles. The van der Waals surface area contributed by atoms with E-state index in [9.17, 15) is 4.79 Å². The number of nitrogens with one attached hydrogen (secondary N) is 1. The molecule has 0 aliphatic carbocycles. The monoisotopic (exact) mass is 337 g/mol. The van der Waals surface area contributed by atoms with Crippen LogP contribution in [-0.2, 0) is 6.54 Å². The van der Waals surface area contributed by atoms with Crippen molar-refractivity contribution in [2.45, 2.75) is 6.54 Å². The third-order valence-electron chi connectivity index (χ3n) is 3.72. The molecule has 0 aliphatic rings. The van der Waals surface area contributed by atoms with E-state index < -0.39 is 0 Å². The lowest BCUT2D eigenvalue weighted by molar-refractivity contribution is 0.0942. The summed E-state index contributed by atoms with van der Waals surface area (Å²) in [5, 5.41) is 7.21. The van der Waals surface area contributed by atoms with Gasteiger partial charge in [0.05, 0.1) is 26.1 Å².